The van der Waals surface area contributed by atoms with Crippen LogP contribution in [-0.2, 0) is 16.1 Å². The van der Waals surface area contributed by atoms with Crippen LogP contribution in [0.4, 0.5) is 10.1 Å². The predicted octanol–water partition coefficient (Wildman–Crippen LogP) is 1.28. The second-order valence-corrected chi connectivity index (χ2v) is 5.91. The minimum atomic E-state index is -0.398. The summed E-state index contributed by atoms with van der Waals surface area (Å²) in [6.45, 7) is 0.679. The highest BCUT2D eigenvalue weighted by Crippen LogP contribution is 2.21. The number of amides is 2. The largest absolute Gasteiger partial charge is 0.331 e. The molecule has 3 rings (SSSR count). The first-order valence-electron chi connectivity index (χ1n) is 6.63. The van der Waals surface area contributed by atoms with Crippen molar-refractivity contribution in [2.24, 2.45) is 0 Å². The Kier molecular flexibility index (Phi) is 3.81. The van der Waals surface area contributed by atoms with Crippen molar-refractivity contribution in [1.29, 1.82) is 0 Å². The van der Waals surface area contributed by atoms with Crippen molar-refractivity contribution < 1.29 is 19.3 Å². The van der Waals surface area contributed by atoms with E-state index in [4.69, 9.17) is 0 Å². The minimum absolute atomic E-state index is 0.182. The average molecular weight is 305 g/mol. The van der Waals surface area contributed by atoms with Crippen molar-refractivity contribution in [3.05, 3.63) is 52.5 Å². The summed E-state index contributed by atoms with van der Waals surface area (Å²) < 4.78 is 12.9. The Morgan fingerprint density at radius 3 is 2.67 bits per heavy atom. The summed E-state index contributed by atoms with van der Waals surface area (Å²) >= 11 is 1.62. The molecule has 6 heteroatoms. The minimum Gasteiger partial charge on any atom is -0.331 e. The van der Waals surface area contributed by atoms with Crippen LogP contribution in [0, 0.1) is 5.82 Å². The van der Waals surface area contributed by atoms with Gasteiger partial charge < -0.3 is 5.32 Å². The molecule has 4 nitrogen and oxygen atoms in total. The zero-order valence-electron chi connectivity index (χ0n) is 11.2. The number of rotatable bonds is 4. The standard InChI is InChI=1S/C15H13FN2O2S/c16-10-3-5-11(6-4-10)18-14(19)8-13(15(18)20)17-9-12-2-1-7-21-12/h1-7,13,17H,8-9H2/p+1. The summed E-state index contributed by atoms with van der Waals surface area (Å²) in [6.07, 6.45) is 0.182. The van der Waals surface area contributed by atoms with E-state index in [0.717, 1.165) is 9.78 Å². The highest BCUT2D eigenvalue weighted by atomic mass is 32.1. The van der Waals surface area contributed by atoms with Gasteiger partial charge in [-0.3, -0.25) is 9.59 Å². The molecular formula is C15H14FN2O2S+. The van der Waals surface area contributed by atoms with E-state index >= 15 is 0 Å². The van der Waals surface area contributed by atoms with Crippen LogP contribution >= 0.6 is 11.3 Å². The maximum Gasteiger partial charge on any atom is 0.292 e. The number of anilines is 1. The number of nitrogens with zero attached hydrogens (tertiary/aromatic N) is 1. The molecule has 2 heterocycles. The molecule has 2 N–H and O–H groups in total. The number of hydrogen-bond acceptors (Lipinski definition) is 3. The summed E-state index contributed by atoms with van der Waals surface area (Å²) in [4.78, 5) is 26.7. The molecule has 1 aromatic carbocycles. The monoisotopic (exact) mass is 305 g/mol. The number of quaternary nitrogens is 1. The molecule has 0 bridgehead atoms. The lowest BCUT2D eigenvalue weighted by Crippen LogP contribution is -2.90. The Bertz CT molecular complexity index is 655. The van der Waals surface area contributed by atoms with Gasteiger partial charge in [-0.05, 0) is 35.7 Å². The normalized spacial score (nSPS) is 18.5. The number of nitrogens with two attached hydrogens (primary N) is 1. The molecule has 1 atom stereocenters. The average Bonchev–Trinajstić information content (AvgIpc) is 3.07. The molecule has 1 aliphatic rings. The molecule has 1 fully saturated rings. The van der Waals surface area contributed by atoms with Gasteiger partial charge in [-0.2, -0.15) is 0 Å². The molecule has 1 unspecified atom stereocenters. The van der Waals surface area contributed by atoms with E-state index in [2.05, 4.69) is 0 Å². The molecule has 0 aliphatic carbocycles. The predicted molar refractivity (Wildman–Crippen MR) is 77.2 cm³/mol. The molecule has 1 saturated heterocycles. The number of carbonyl (C=O) groups is 2. The van der Waals surface area contributed by atoms with Crippen LogP contribution in [0.3, 0.4) is 0 Å². The van der Waals surface area contributed by atoms with E-state index in [1.807, 2.05) is 22.8 Å². The van der Waals surface area contributed by atoms with Gasteiger partial charge in [0.25, 0.3) is 5.91 Å². The second kappa shape index (κ2) is 5.75. The molecular weight excluding hydrogens is 291 g/mol. The SMILES string of the molecule is O=C1CC([NH2+]Cc2cccs2)C(=O)N1c1ccc(F)cc1. The van der Waals surface area contributed by atoms with E-state index in [1.165, 1.54) is 24.3 Å². The Labute approximate surface area is 125 Å². The molecule has 0 spiro atoms. The first-order valence-corrected chi connectivity index (χ1v) is 7.51. The van der Waals surface area contributed by atoms with E-state index in [9.17, 15) is 14.0 Å². The first kappa shape index (κ1) is 13.9. The summed E-state index contributed by atoms with van der Waals surface area (Å²) in [7, 11) is 0. The second-order valence-electron chi connectivity index (χ2n) is 4.87. The van der Waals surface area contributed by atoms with Gasteiger partial charge in [0.15, 0.2) is 6.04 Å². The van der Waals surface area contributed by atoms with Crippen molar-refractivity contribution in [2.45, 2.75) is 19.0 Å². The fraction of sp³-hybridized carbons (Fsp3) is 0.200. The van der Waals surface area contributed by atoms with Gasteiger partial charge in [0.2, 0.25) is 5.91 Å². The van der Waals surface area contributed by atoms with Crippen molar-refractivity contribution >= 4 is 28.8 Å². The third-order valence-electron chi connectivity index (χ3n) is 3.45. The lowest BCUT2D eigenvalue weighted by Gasteiger charge is -2.13. The smallest absolute Gasteiger partial charge is 0.292 e. The van der Waals surface area contributed by atoms with E-state index in [-0.39, 0.29) is 18.2 Å². The van der Waals surface area contributed by atoms with Crippen LogP contribution in [-0.4, -0.2) is 17.9 Å². The number of thiophene rings is 1. The van der Waals surface area contributed by atoms with E-state index in [0.29, 0.717) is 12.2 Å². The van der Waals surface area contributed by atoms with Crippen molar-refractivity contribution in [3.8, 4) is 0 Å². The van der Waals surface area contributed by atoms with Crippen LogP contribution in [0.15, 0.2) is 41.8 Å². The van der Waals surface area contributed by atoms with Crippen LogP contribution in [0.5, 0.6) is 0 Å². The van der Waals surface area contributed by atoms with Gasteiger partial charge in [-0.1, -0.05) is 6.07 Å². The molecule has 1 aliphatic heterocycles. The number of hydrogen-bond donors (Lipinski definition) is 1. The zero-order valence-corrected chi connectivity index (χ0v) is 12.0. The highest BCUT2D eigenvalue weighted by Gasteiger charge is 2.42. The summed E-state index contributed by atoms with van der Waals surface area (Å²) in [5.41, 5.74) is 0.429. The summed E-state index contributed by atoms with van der Waals surface area (Å²) in [5, 5.41) is 3.87. The number of carbonyl (C=O) groups excluding carboxylic acids is 2. The summed E-state index contributed by atoms with van der Waals surface area (Å²) in [5.74, 6) is -0.860. The molecule has 21 heavy (non-hydrogen) atoms. The van der Waals surface area contributed by atoms with Gasteiger partial charge in [0.05, 0.1) is 17.0 Å². The number of benzene rings is 1. The quantitative estimate of drug-likeness (QED) is 0.865. The third-order valence-corrected chi connectivity index (χ3v) is 4.35. The summed E-state index contributed by atoms with van der Waals surface area (Å²) in [6, 6.07) is 8.96. The van der Waals surface area contributed by atoms with Gasteiger partial charge >= 0.3 is 0 Å². The Morgan fingerprint density at radius 1 is 1.24 bits per heavy atom. The van der Waals surface area contributed by atoms with Gasteiger partial charge in [0, 0.05) is 0 Å². The fourth-order valence-electron chi connectivity index (χ4n) is 2.39. The van der Waals surface area contributed by atoms with E-state index < -0.39 is 11.9 Å². The third kappa shape index (κ3) is 2.86. The maximum atomic E-state index is 12.9. The molecule has 0 radical (unpaired) electrons. The Hall–Kier alpha value is -2.05. The fourth-order valence-corrected chi connectivity index (χ4v) is 3.07. The van der Waals surface area contributed by atoms with Gasteiger partial charge in [0.1, 0.15) is 12.4 Å². The molecule has 2 aromatic rings. The van der Waals surface area contributed by atoms with Crippen molar-refractivity contribution in [3.63, 3.8) is 0 Å². The van der Waals surface area contributed by atoms with Crippen LogP contribution in [0.25, 0.3) is 0 Å². The van der Waals surface area contributed by atoms with Crippen molar-refractivity contribution in [1.82, 2.24) is 0 Å². The first-order chi connectivity index (χ1) is 10.1. The molecule has 108 valence electrons. The highest BCUT2D eigenvalue weighted by molar-refractivity contribution is 7.09. The zero-order chi connectivity index (χ0) is 14.8. The van der Waals surface area contributed by atoms with Gasteiger partial charge in [-0.25, -0.2) is 9.29 Å². The van der Waals surface area contributed by atoms with Crippen LogP contribution in [0.1, 0.15) is 11.3 Å². The maximum absolute atomic E-state index is 12.9. The number of imide groups is 1. The van der Waals surface area contributed by atoms with Gasteiger partial charge in [-0.15, -0.1) is 11.3 Å². The lowest BCUT2D eigenvalue weighted by molar-refractivity contribution is -0.689. The molecule has 2 amide bonds. The van der Waals surface area contributed by atoms with Crippen molar-refractivity contribution in [2.75, 3.05) is 4.90 Å². The molecule has 1 aromatic heterocycles. The van der Waals surface area contributed by atoms with Crippen LogP contribution < -0.4 is 10.2 Å². The Balaban J connectivity index is 1.71. The lowest BCUT2D eigenvalue weighted by atomic mass is 10.2. The van der Waals surface area contributed by atoms with E-state index in [1.54, 1.807) is 11.3 Å². The number of halogens is 1. The Morgan fingerprint density at radius 2 is 2.00 bits per heavy atom. The molecule has 0 saturated carbocycles. The topological polar surface area (TPSA) is 54.0 Å². The van der Waals surface area contributed by atoms with Crippen LogP contribution in [0.2, 0.25) is 0 Å².